The number of carbonyl (C=O) groups is 10. The van der Waals surface area contributed by atoms with Crippen molar-refractivity contribution in [3.05, 3.63) is 29.8 Å². The summed E-state index contributed by atoms with van der Waals surface area (Å²) in [6, 6.07) is -4.70. The second kappa shape index (κ2) is 29.3. The molecule has 1 rings (SSSR count). The molecule has 1 aromatic rings. The minimum absolute atomic E-state index is 0.119. The van der Waals surface area contributed by atoms with Crippen LogP contribution in [0.15, 0.2) is 24.3 Å². The van der Waals surface area contributed by atoms with Crippen molar-refractivity contribution in [1.29, 1.82) is 0 Å². The summed E-state index contributed by atoms with van der Waals surface area (Å²) in [4.78, 5) is 157. The van der Waals surface area contributed by atoms with Crippen molar-refractivity contribution < 1.29 is 77.4 Å². The van der Waals surface area contributed by atoms with Crippen LogP contribution in [-0.2, 0) is 54.4 Å². The lowest BCUT2D eigenvalue weighted by Crippen LogP contribution is -2.60. The van der Waals surface area contributed by atoms with Gasteiger partial charge in [0.2, 0.25) is 47.3 Å². The third-order valence-corrected chi connectivity index (χ3v) is 10.9. The van der Waals surface area contributed by atoms with E-state index in [0.29, 0.717) is 11.3 Å². The Morgan fingerprint density at radius 1 is 0.662 bits per heavy atom. The van der Waals surface area contributed by atoms with Crippen molar-refractivity contribution in [3.63, 3.8) is 0 Å². The van der Waals surface area contributed by atoms with Gasteiger partial charge in [-0.1, -0.05) is 53.7 Å². The maximum Gasteiger partial charge on any atom is 0.613 e. The van der Waals surface area contributed by atoms with E-state index in [1.807, 2.05) is 0 Å². The highest BCUT2D eigenvalue weighted by molar-refractivity contribution is 7.98. The number of primary amides is 1. The number of carboxylic acids is 2. The number of thioether (sulfide) groups is 1. The Morgan fingerprint density at radius 3 is 1.69 bits per heavy atom. The van der Waals surface area contributed by atoms with Crippen molar-refractivity contribution in [3.8, 4) is 5.75 Å². The van der Waals surface area contributed by atoms with Gasteiger partial charge < -0.3 is 58.9 Å². The Morgan fingerprint density at radius 2 is 1.19 bits per heavy atom. The van der Waals surface area contributed by atoms with Crippen molar-refractivity contribution >= 4 is 79.1 Å². The zero-order chi connectivity index (χ0) is 52.1. The maximum absolute atomic E-state index is 13.9. The van der Waals surface area contributed by atoms with Gasteiger partial charge >= 0.3 is 20.1 Å². The van der Waals surface area contributed by atoms with Crippen LogP contribution in [0.3, 0.4) is 0 Å². The van der Waals surface area contributed by atoms with E-state index in [0.717, 1.165) is 0 Å². The van der Waals surface area contributed by atoms with Crippen LogP contribution in [0.5, 0.6) is 5.75 Å². The summed E-state index contributed by atoms with van der Waals surface area (Å²) in [6.07, 6.45) is -0.351. The number of amides is 8. The largest absolute Gasteiger partial charge is 0.613 e. The molecule has 382 valence electrons. The van der Waals surface area contributed by atoms with Gasteiger partial charge in [-0.3, -0.25) is 47.7 Å². The molecular formula is C41H67N9O16PS+. The number of rotatable bonds is 31. The molecular weight excluding hydrogens is 938 g/mol. The van der Waals surface area contributed by atoms with Crippen molar-refractivity contribution in [2.45, 2.75) is 122 Å². The van der Waals surface area contributed by atoms with Gasteiger partial charge in [-0.15, -0.1) is 0 Å². The molecule has 0 unspecified atom stereocenters. The van der Waals surface area contributed by atoms with Crippen molar-refractivity contribution in [1.82, 2.24) is 37.2 Å². The van der Waals surface area contributed by atoms with Crippen molar-refractivity contribution in [2.24, 2.45) is 29.2 Å². The monoisotopic (exact) mass is 1000 g/mol. The average molecular weight is 1010 g/mol. The quantitative estimate of drug-likeness (QED) is 0.0343. The normalized spacial score (nSPS) is 14.5. The van der Waals surface area contributed by atoms with E-state index in [1.165, 1.54) is 49.9 Å². The third kappa shape index (κ3) is 23.4. The number of carboxylic acid groups (broad SMARTS) is 2. The lowest BCUT2D eigenvalue weighted by Gasteiger charge is -2.27. The molecule has 25 nitrogen and oxygen atoms in total. The van der Waals surface area contributed by atoms with E-state index in [2.05, 4.69) is 41.7 Å². The Labute approximate surface area is 398 Å². The molecule has 16 N–H and O–H groups in total. The molecule has 0 saturated heterocycles. The predicted octanol–water partition coefficient (Wildman–Crippen LogP) is -2.45. The third-order valence-electron chi connectivity index (χ3n) is 9.82. The summed E-state index contributed by atoms with van der Waals surface area (Å²) in [5.41, 5.74) is 11.7. The number of carbonyl (C=O) groups excluding carboxylic acids is 8. The molecule has 68 heavy (non-hydrogen) atoms. The fraction of sp³-hybridized carbons (Fsp3) is 0.610. The standard InChI is InChI=1S/C41H66N9O16PS/c1-20(2)16-27(36(56)47-26(41(61)62)14-15-68-7)45-31(52)19-44-40(60)34(22(5)6)50-38(58)29(18-30(42)51)48-35(55)25(12-13-32(53)54)46-37(57)28(49-39(59)33(43)21(3)4)17-23-8-10-24(11-9-23)66-67(63,64)65/h8-11,20-22,25-29,33-34,63-65H,12-19,43H2,1-7H3,(H10-,42,44,45,46,47,48,49,50,51,52,53,54,55,56,57,58,59,60,61,62)/p+1/t25-,26-,27-,28-,29-,33-,34-/m0/s1. The summed E-state index contributed by atoms with van der Waals surface area (Å²) in [5.74, 6) is -11.2. The van der Waals surface area contributed by atoms with Gasteiger partial charge in [-0.05, 0) is 66.7 Å². The van der Waals surface area contributed by atoms with Crippen molar-refractivity contribution in [2.75, 3.05) is 18.6 Å². The molecule has 0 aliphatic carbocycles. The van der Waals surface area contributed by atoms with Crippen LogP contribution in [-0.4, -0.2) is 145 Å². The fourth-order valence-electron chi connectivity index (χ4n) is 6.12. The molecule has 27 heteroatoms. The molecule has 1 aromatic carbocycles. The Balaban J connectivity index is 3.31. The van der Waals surface area contributed by atoms with Gasteiger partial charge in [0.25, 0.3) is 0 Å². The second-order valence-electron chi connectivity index (χ2n) is 16.9. The van der Waals surface area contributed by atoms with Gasteiger partial charge in [-0.2, -0.15) is 26.4 Å². The first-order valence-electron chi connectivity index (χ1n) is 21.5. The molecule has 0 aliphatic rings. The number of hydrogen-bond acceptors (Lipinski definition) is 16. The maximum atomic E-state index is 13.9. The number of aliphatic carboxylic acids is 2. The van der Waals surface area contributed by atoms with Crippen LogP contribution in [0, 0.1) is 17.8 Å². The molecule has 0 aromatic heterocycles. The van der Waals surface area contributed by atoms with Crippen LogP contribution >= 0.6 is 19.9 Å². The lowest BCUT2D eigenvalue weighted by molar-refractivity contribution is -0.142. The molecule has 7 atom stereocenters. The average Bonchev–Trinajstić information content (AvgIpc) is 3.22. The van der Waals surface area contributed by atoms with Crippen LogP contribution < -0.4 is 53.2 Å². The molecule has 0 radical (unpaired) electrons. The Kier molecular flexibility index (Phi) is 26.0. The minimum atomic E-state index is -4.66. The van der Waals surface area contributed by atoms with Gasteiger partial charge in [0.1, 0.15) is 36.3 Å². The summed E-state index contributed by atoms with van der Waals surface area (Å²) in [5, 5.41) is 35.8. The van der Waals surface area contributed by atoms with Crippen LogP contribution in [0.2, 0.25) is 0 Å². The van der Waals surface area contributed by atoms with Gasteiger partial charge in [0.05, 0.1) is 19.0 Å². The summed E-state index contributed by atoms with van der Waals surface area (Å²) in [7, 11) is -4.66. The summed E-state index contributed by atoms with van der Waals surface area (Å²) >= 11 is 1.39. The first-order chi connectivity index (χ1) is 31.5. The van der Waals surface area contributed by atoms with E-state index in [1.54, 1.807) is 34.0 Å². The Bertz CT molecular complexity index is 1920. The van der Waals surface area contributed by atoms with Crippen LogP contribution in [0.4, 0.5) is 0 Å². The molecule has 0 aliphatic heterocycles. The van der Waals surface area contributed by atoms with E-state index in [4.69, 9.17) is 11.5 Å². The Hall–Kier alpha value is -5.66. The van der Waals surface area contributed by atoms with Gasteiger partial charge in [-0.25, -0.2) is 4.79 Å². The minimum Gasteiger partial charge on any atom is -0.481 e. The fourth-order valence-corrected chi connectivity index (χ4v) is 6.99. The number of nitrogens with one attached hydrogen (secondary N) is 7. The summed E-state index contributed by atoms with van der Waals surface area (Å²) < 4.78 is 4.65. The SMILES string of the molecule is CSCC[C@H](NC(=O)[C@H](CC(C)C)NC(=O)CNC(=O)[C@@H](NC(=O)[C@H](CC(N)=O)NC(=O)[C@H](CCC(=O)O)NC(=O)[C@H](Cc1ccc(O[P+](O)(O)O)cc1)NC(=O)[C@@H](N)C(C)C)C(C)C)C(=O)O. The molecule has 0 bridgehead atoms. The molecule has 0 saturated carbocycles. The summed E-state index contributed by atoms with van der Waals surface area (Å²) in [6.45, 7) is 9.21. The first-order valence-corrected chi connectivity index (χ1v) is 24.4. The predicted molar refractivity (Wildman–Crippen MR) is 247 cm³/mol. The highest BCUT2D eigenvalue weighted by Crippen LogP contribution is 2.45. The number of hydrogen-bond donors (Lipinski definition) is 14. The van der Waals surface area contributed by atoms with E-state index in [-0.39, 0.29) is 36.8 Å². The van der Waals surface area contributed by atoms with E-state index in [9.17, 15) is 72.8 Å². The molecule has 0 heterocycles. The first kappa shape index (κ1) is 60.4. The molecule has 8 amide bonds. The molecule has 0 fully saturated rings. The van der Waals surface area contributed by atoms with Crippen LogP contribution in [0.25, 0.3) is 0 Å². The lowest BCUT2D eigenvalue weighted by atomic mass is 10.0. The second-order valence-corrected chi connectivity index (χ2v) is 19.1. The highest BCUT2D eigenvalue weighted by atomic mass is 32.2. The topological polar surface area (TPSA) is 417 Å². The molecule has 0 spiro atoms. The zero-order valence-electron chi connectivity index (χ0n) is 39.0. The van der Waals surface area contributed by atoms with E-state index < -0.39 is 141 Å². The van der Waals surface area contributed by atoms with Gasteiger partial charge in [0, 0.05) is 12.8 Å². The highest BCUT2D eigenvalue weighted by Gasteiger charge is 2.36. The number of nitrogens with two attached hydrogens (primary N) is 2. The van der Waals surface area contributed by atoms with E-state index >= 15 is 0 Å². The number of benzene rings is 1. The van der Waals surface area contributed by atoms with Crippen LogP contribution in [0.1, 0.15) is 79.2 Å². The van der Waals surface area contributed by atoms with Gasteiger partial charge in [0.15, 0.2) is 5.75 Å². The zero-order valence-corrected chi connectivity index (χ0v) is 40.7. The smallest absolute Gasteiger partial charge is 0.481 e.